The van der Waals surface area contributed by atoms with E-state index in [1.54, 1.807) is 12.1 Å². The molecule has 7 heteroatoms. The number of thiophene rings is 1. The van der Waals surface area contributed by atoms with Gasteiger partial charge < -0.3 is 11.5 Å². The molecule has 0 saturated carbocycles. The lowest BCUT2D eigenvalue weighted by Gasteiger charge is -2.04. The molecule has 0 aliphatic rings. The average Bonchev–Trinajstić information content (AvgIpc) is 2.65. The normalized spacial score (nSPS) is 10.5. The molecule has 2 rings (SSSR count). The van der Waals surface area contributed by atoms with Crippen molar-refractivity contribution in [3.63, 3.8) is 0 Å². The summed E-state index contributed by atoms with van der Waals surface area (Å²) in [4.78, 5) is 20.3. The number of Topliss-reactive ketones (excluding diaryl/α,β-unsaturated/α-hetero) is 1. The van der Waals surface area contributed by atoms with Crippen molar-refractivity contribution in [2.75, 3.05) is 11.5 Å². The summed E-state index contributed by atoms with van der Waals surface area (Å²) in [7, 11) is 0. The molecule has 0 aliphatic carbocycles. The van der Waals surface area contributed by atoms with Crippen molar-refractivity contribution in [3.05, 3.63) is 22.2 Å². The van der Waals surface area contributed by atoms with Crippen molar-refractivity contribution in [2.45, 2.75) is 6.92 Å². The van der Waals surface area contributed by atoms with E-state index in [4.69, 9.17) is 23.1 Å². The van der Waals surface area contributed by atoms with Crippen LogP contribution in [0.25, 0.3) is 10.4 Å². The van der Waals surface area contributed by atoms with Crippen LogP contribution in [-0.4, -0.2) is 15.8 Å². The van der Waals surface area contributed by atoms with Crippen molar-refractivity contribution in [1.82, 2.24) is 9.97 Å². The van der Waals surface area contributed by atoms with Gasteiger partial charge in [0, 0.05) is 4.88 Å². The number of hydrogen-bond acceptors (Lipinski definition) is 6. The summed E-state index contributed by atoms with van der Waals surface area (Å²) < 4.78 is 0. The number of carbonyl (C=O) groups is 1. The molecule has 0 radical (unpaired) electrons. The van der Waals surface area contributed by atoms with Crippen molar-refractivity contribution < 1.29 is 4.79 Å². The molecule has 0 bridgehead atoms. The number of nitrogen functional groups attached to an aromatic ring is 2. The summed E-state index contributed by atoms with van der Waals surface area (Å²) in [5.41, 5.74) is 11.7. The summed E-state index contributed by atoms with van der Waals surface area (Å²) in [6, 6.07) is 3.48. The van der Waals surface area contributed by atoms with Gasteiger partial charge in [0.05, 0.1) is 10.4 Å². The molecule has 0 aromatic carbocycles. The van der Waals surface area contributed by atoms with Crippen LogP contribution >= 0.6 is 22.9 Å². The molecule has 5 nitrogen and oxygen atoms in total. The standard InChI is InChI=1S/C10H9ClN4OS/c1-4(16)5-2-3-6(17-5)7-8(11)14-10(13)15-9(7)12/h2-3H,1H3,(H4,12,13,14,15). The van der Waals surface area contributed by atoms with E-state index in [1.807, 2.05) is 0 Å². The second-order valence-electron chi connectivity index (χ2n) is 3.35. The largest absolute Gasteiger partial charge is 0.383 e. The molecule has 4 N–H and O–H groups in total. The van der Waals surface area contributed by atoms with Gasteiger partial charge in [-0.15, -0.1) is 11.3 Å². The van der Waals surface area contributed by atoms with Gasteiger partial charge in [-0.2, -0.15) is 4.98 Å². The van der Waals surface area contributed by atoms with E-state index < -0.39 is 0 Å². The van der Waals surface area contributed by atoms with Gasteiger partial charge in [0.25, 0.3) is 0 Å². The minimum atomic E-state index is -0.00712. The van der Waals surface area contributed by atoms with E-state index >= 15 is 0 Å². The van der Waals surface area contributed by atoms with Crippen LogP contribution in [0.3, 0.4) is 0 Å². The van der Waals surface area contributed by atoms with Gasteiger partial charge in [-0.05, 0) is 19.1 Å². The molecule has 0 atom stereocenters. The maximum absolute atomic E-state index is 11.2. The molecule has 0 amide bonds. The van der Waals surface area contributed by atoms with E-state index in [9.17, 15) is 4.79 Å². The third-order valence-electron chi connectivity index (χ3n) is 2.11. The molecule has 2 aromatic heterocycles. The zero-order valence-corrected chi connectivity index (χ0v) is 10.5. The number of ketones is 1. The summed E-state index contributed by atoms with van der Waals surface area (Å²) in [5.74, 6) is 0.228. The number of nitrogens with zero attached hydrogens (tertiary/aromatic N) is 2. The zero-order valence-electron chi connectivity index (χ0n) is 8.90. The van der Waals surface area contributed by atoms with Gasteiger partial charge in [0.15, 0.2) is 5.78 Å². The van der Waals surface area contributed by atoms with Crippen LogP contribution in [0.2, 0.25) is 5.15 Å². The average molecular weight is 269 g/mol. The summed E-state index contributed by atoms with van der Waals surface area (Å²) in [6.07, 6.45) is 0. The zero-order chi connectivity index (χ0) is 12.6. The fourth-order valence-electron chi connectivity index (χ4n) is 1.36. The molecule has 2 heterocycles. The predicted octanol–water partition coefficient (Wildman–Crippen LogP) is 2.23. The van der Waals surface area contributed by atoms with Crippen molar-refractivity contribution in [3.8, 4) is 10.4 Å². The fraction of sp³-hybridized carbons (Fsp3) is 0.100. The van der Waals surface area contributed by atoms with Crippen LogP contribution in [0.15, 0.2) is 12.1 Å². The smallest absolute Gasteiger partial charge is 0.223 e. The lowest BCUT2D eigenvalue weighted by Crippen LogP contribution is -2.01. The van der Waals surface area contributed by atoms with E-state index in [-0.39, 0.29) is 22.7 Å². The van der Waals surface area contributed by atoms with Crippen LogP contribution < -0.4 is 11.5 Å². The first kappa shape index (κ1) is 11.8. The molecule has 0 spiro atoms. The predicted molar refractivity (Wildman–Crippen MR) is 69.2 cm³/mol. The monoisotopic (exact) mass is 268 g/mol. The van der Waals surface area contributed by atoms with Gasteiger partial charge in [-0.1, -0.05) is 11.6 Å². The lowest BCUT2D eigenvalue weighted by atomic mass is 10.2. The Balaban J connectivity index is 2.56. The Morgan fingerprint density at radius 2 is 2.06 bits per heavy atom. The summed E-state index contributed by atoms with van der Waals surface area (Å²) >= 11 is 7.26. The highest BCUT2D eigenvalue weighted by atomic mass is 35.5. The number of anilines is 2. The van der Waals surface area contributed by atoms with Gasteiger partial charge in [0.1, 0.15) is 11.0 Å². The van der Waals surface area contributed by atoms with Crippen LogP contribution in [0.1, 0.15) is 16.6 Å². The summed E-state index contributed by atoms with van der Waals surface area (Å²) in [5, 5.41) is 0.187. The topological polar surface area (TPSA) is 94.9 Å². The summed E-state index contributed by atoms with van der Waals surface area (Å²) in [6.45, 7) is 1.50. The number of aromatic nitrogens is 2. The second-order valence-corrected chi connectivity index (χ2v) is 4.79. The molecule has 0 unspecified atom stereocenters. The molecule has 0 fully saturated rings. The third kappa shape index (κ3) is 2.22. The van der Waals surface area contributed by atoms with Crippen molar-refractivity contribution >= 4 is 40.5 Å². The van der Waals surface area contributed by atoms with Gasteiger partial charge in [-0.25, -0.2) is 4.98 Å². The fourth-order valence-corrected chi connectivity index (χ4v) is 2.65. The first-order chi connectivity index (χ1) is 7.99. The number of carbonyl (C=O) groups excluding carboxylic acids is 1. The molecular formula is C10H9ClN4OS. The Bertz CT molecular complexity index is 573. The Hall–Kier alpha value is -1.66. The van der Waals surface area contributed by atoms with E-state index in [1.165, 1.54) is 18.3 Å². The van der Waals surface area contributed by atoms with Gasteiger partial charge in [-0.3, -0.25) is 4.79 Å². The van der Waals surface area contributed by atoms with E-state index in [0.717, 1.165) is 4.88 Å². The first-order valence-electron chi connectivity index (χ1n) is 4.68. The van der Waals surface area contributed by atoms with Crippen LogP contribution in [-0.2, 0) is 0 Å². The number of nitrogens with two attached hydrogens (primary N) is 2. The molecule has 0 saturated heterocycles. The highest BCUT2D eigenvalue weighted by Gasteiger charge is 2.15. The minimum Gasteiger partial charge on any atom is -0.383 e. The molecule has 17 heavy (non-hydrogen) atoms. The lowest BCUT2D eigenvalue weighted by molar-refractivity contribution is 0.102. The molecular weight excluding hydrogens is 260 g/mol. The molecule has 2 aromatic rings. The van der Waals surface area contributed by atoms with Gasteiger partial charge >= 0.3 is 0 Å². The number of hydrogen-bond donors (Lipinski definition) is 2. The van der Waals surface area contributed by atoms with E-state index in [0.29, 0.717) is 10.4 Å². The maximum atomic E-state index is 11.2. The van der Waals surface area contributed by atoms with E-state index in [2.05, 4.69) is 9.97 Å². The Morgan fingerprint density at radius 1 is 1.35 bits per heavy atom. The minimum absolute atomic E-state index is 0.00712. The highest BCUT2D eigenvalue weighted by molar-refractivity contribution is 7.17. The quantitative estimate of drug-likeness (QED) is 0.643. The Morgan fingerprint density at radius 3 is 2.59 bits per heavy atom. The molecule has 0 aliphatic heterocycles. The highest BCUT2D eigenvalue weighted by Crippen LogP contribution is 2.36. The Labute approximate surface area is 106 Å². The van der Waals surface area contributed by atoms with Crippen LogP contribution in [0.4, 0.5) is 11.8 Å². The Kier molecular flexibility index (Phi) is 2.99. The first-order valence-corrected chi connectivity index (χ1v) is 5.88. The van der Waals surface area contributed by atoms with Gasteiger partial charge in [0.2, 0.25) is 5.95 Å². The number of halogens is 1. The van der Waals surface area contributed by atoms with Crippen LogP contribution in [0, 0.1) is 0 Å². The second kappa shape index (κ2) is 4.31. The SMILES string of the molecule is CC(=O)c1ccc(-c2c(N)nc(N)nc2Cl)s1. The van der Waals surface area contributed by atoms with Crippen molar-refractivity contribution in [2.24, 2.45) is 0 Å². The third-order valence-corrected chi connectivity index (χ3v) is 3.59. The van der Waals surface area contributed by atoms with Crippen LogP contribution in [0.5, 0.6) is 0 Å². The maximum Gasteiger partial charge on any atom is 0.223 e. The number of rotatable bonds is 2. The molecule has 88 valence electrons. The van der Waals surface area contributed by atoms with Crippen molar-refractivity contribution in [1.29, 1.82) is 0 Å².